The number of Topliss-reactive ketones (excluding diaryl/α,β-unsaturated/α-hetero) is 1. The third-order valence-corrected chi connectivity index (χ3v) is 4.29. The molecular weight excluding hydrogens is 346 g/mol. The Kier molecular flexibility index (Phi) is 4.94. The average Bonchev–Trinajstić information content (AvgIpc) is 2.41. The van der Waals surface area contributed by atoms with Crippen LogP contribution in [0.2, 0.25) is 0 Å². The van der Waals surface area contributed by atoms with E-state index in [-0.39, 0.29) is 10.2 Å². The van der Waals surface area contributed by atoms with E-state index in [9.17, 15) is 13.6 Å². The lowest BCUT2D eigenvalue weighted by Crippen LogP contribution is -2.09. The topological polar surface area (TPSA) is 17.1 Å². The molecule has 0 bridgehead atoms. The van der Waals surface area contributed by atoms with Gasteiger partial charge in [0, 0.05) is 4.90 Å². The molecule has 2 rings (SSSR count). The van der Waals surface area contributed by atoms with Crippen LogP contribution in [0.5, 0.6) is 0 Å². The molecular formula is C15H11BrF2OS. The SMILES string of the molecule is Cc1cccc(SCC(=O)c2c(F)ccc(Br)c2F)c1. The fourth-order valence-corrected chi connectivity index (χ4v) is 2.93. The zero-order chi connectivity index (χ0) is 14.7. The van der Waals surface area contributed by atoms with Crippen molar-refractivity contribution in [2.75, 3.05) is 5.75 Å². The summed E-state index contributed by atoms with van der Waals surface area (Å²) in [5.74, 6) is -2.25. The Morgan fingerprint density at radius 3 is 2.70 bits per heavy atom. The quantitative estimate of drug-likeness (QED) is 0.435. The molecule has 0 heterocycles. The molecule has 0 aromatic heterocycles. The Balaban J connectivity index is 2.15. The molecule has 0 atom stereocenters. The molecule has 104 valence electrons. The van der Waals surface area contributed by atoms with Gasteiger partial charge in [0.25, 0.3) is 0 Å². The molecule has 0 saturated heterocycles. The van der Waals surface area contributed by atoms with Crippen LogP contribution in [0.3, 0.4) is 0 Å². The molecule has 0 unspecified atom stereocenters. The van der Waals surface area contributed by atoms with E-state index in [1.165, 1.54) is 17.8 Å². The molecule has 0 fully saturated rings. The second-order valence-electron chi connectivity index (χ2n) is 4.25. The summed E-state index contributed by atoms with van der Waals surface area (Å²) in [5, 5.41) is 0. The van der Waals surface area contributed by atoms with Gasteiger partial charge in [0.1, 0.15) is 5.82 Å². The van der Waals surface area contributed by atoms with Crippen molar-refractivity contribution in [1.29, 1.82) is 0 Å². The minimum absolute atomic E-state index is 0.00620. The van der Waals surface area contributed by atoms with Crippen LogP contribution >= 0.6 is 27.7 Å². The molecule has 0 amide bonds. The van der Waals surface area contributed by atoms with E-state index in [2.05, 4.69) is 15.9 Å². The maximum Gasteiger partial charge on any atom is 0.179 e. The van der Waals surface area contributed by atoms with Gasteiger partial charge >= 0.3 is 0 Å². The highest BCUT2D eigenvalue weighted by Crippen LogP contribution is 2.25. The van der Waals surface area contributed by atoms with Gasteiger partial charge in [0.2, 0.25) is 0 Å². The zero-order valence-electron chi connectivity index (χ0n) is 10.6. The zero-order valence-corrected chi connectivity index (χ0v) is 13.0. The largest absolute Gasteiger partial charge is 0.293 e. The molecule has 0 saturated carbocycles. The molecule has 0 aliphatic rings. The fourth-order valence-electron chi connectivity index (χ4n) is 1.71. The van der Waals surface area contributed by atoms with E-state index in [0.717, 1.165) is 16.5 Å². The van der Waals surface area contributed by atoms with Gasteiger partial charge < -0.3 is 0 Å². The maximum atomic E-state index is 13.8. The summed E-state index contributed by atoms with van der Waals surface area (Å²) in [4.78, 5) is 12.9. The van der Waals surface area contributed by atoms with Crippen molar-refractivity contribution >= 4 is 33.5 Å². The molecule has 0 aliphatic heterocycles. The first-order valence-electron chi connectivity index (χ1n) is 5.85. The molecule has 0 N–H and O–H groups in total. The number of carbonyl (C=O) groups is 1. The molecule has 5 heteroatoms. The second kappa shape index (κ2) is 6.50. The third kappa shape index (κ3) is 3.46. The van der Waals surface area contributed by atoms with Crippen LogP contribution in [0.1, 0.15) is 15.9 Å². The monoisotopic (exact) mass is 356 g/mol. The van der Waals surface area contributed by atoms with Gasteiger partial charge in [-0.2, -0.15) is 0 Å². The van der Waals surface area contributed by atoms with Crippen LogP contribution in [-0.2, 0) is 0 Å². The molecule has 2 aromatic rings. The number of hydrogen-bond acceptors (Lipinski definition) is 2. The van der Waals surface area contributed by atoms with Crippen LogP contribution in [-0.4, -0.2) is 11.5 Å². The van der Waals surface area contributed by atoms with Crippen molar-refractivity contribution in [3.8, 4) is 0 Å². The molecule has 0 spiro atoms. The van der Waals surface area contributed by atoms with E-state index in [4.69, 9.17) is 0 Å². The number of rotatable bonds is 4. The summed E-state index contributed by atoms with van der Waals surface area (Å²) in [6.07, 6.45) is 0. The number of halogens is 3. The van der Waals surface area contributed by atoms with E-state index in [1.807, 2.05) is 31.2 Å². The van der Waals surface area contributed by atoms with Gasteiger partial charge in [-0.3, -0.25) is 4.79 Å². The van der Waals surface area contributed by atoms with Crippen molar-refractivity contribution in [3.63, 3.8) is 0 Å². The first-order chi connectivity index (χ1) is 9.49. The number of carbonyl (C=O) groups excluding carboxylic acids is 1. The summed E-state index contributed by atoms with van der Waals surface area (Å²) >= 11 is 4.22. The maximum absolute atomic E-state index is 13.8. The van der Waals surface area contributed by atoms with E-state index in [0.29, 0.717) is 0 Å². The minimum Gasteiger partial charge on any atom is -0.293 e. The number of hydrogen-bond donors (Lipinski definition) is 0. The van der Waals surface area contributed by atoms with Gasteiger partial charge in [-0.25, -0.2) is 8.78 Å². The Hall–Kier alpha value is -1.20. The minimum atomic E-state index is -0.847. The van der Waals surface area contributed by atoms with E-state index >= 15 is 0 Å². The van der Waals surface area contributed by atoms with Crippen LogP contribution in [0.15, 0.2) is 45.8 Å². The summed E-state index contributed by atoms with van der Waals surface area (Å²) in [6, 6.07) is 9.93. The van der Waals surface area contributed by atoms with Gasteiger partial charge in [0.15, 0.2) is 11.6 Å². The Morgan fingerprint density at radius 1 is 1.25 bits per heavy atom. The first-order valence-corrected chi connectivity index (χ1v) is 7.63. The van der Waals surface area contributed by atoms with Gasteiger partial charge in [-0.1, -0.05) is 17.7 Å². The highest BCUT2D eigenvalue weighted by atomic mass is 79.9. The fraction of sp³-hybridized carbons (Fsp3) is 0.133. The van der Waals surface area contributed by atoms with E-state index in [1.54, 1.807) is 0 Å². The van der Waals surface area contributed by atoms with Crippen molar-refractivity contribution in [3.05, 3.63) is 63.6 Å². The summed E-state index contributed by atoms with van der Waals surface area (Å²) < 4.78 is 27.5. The smallest absolute Gasteiger partial charge is 0.179 e. The number of ketones is 1. The lowest BCUT2D eigenvalue weighted by atomic mass is 10.1. The van der Waals surface area contributed by atoms with Crippen LogP contribution in [0.4, 0.5) is 8.78 Å². The molecule has 0 radical (unpaired) electrons. The molecule has 0 aliphatic carbocycles. The van der Waals surface area contributed by atoms with Crippen LogP contribution < -0.4 is 0 Å². The van der Waals surface area contributed by atoms with Crippen molar-refractivity contribution < 1.29 is 13.6 Å². The summed E-state index contributed by atoms with van der Waals surface area (Å²) in [7, 11) is 0. The lowest BCUT2D eigenvalue weighted by Gasteiger charge is -2.06. The first kappa shape index (κ1) is 15.2. The Labute approximate surface area is 128 Å². The van der Waals surface area contributed by atoms with Crippen molar-refractivity contribution in [2.24, 2.45) is 0 Å². The molecule has 20 heavy (non-hydrogen) atoms. The highest BCUT2D eigenvalue weighted by molar-refractivity contribution is 9.10. The predicted octanol–water partition coefficient (Wildman–Crippen LogP) is 5.01. The van der Waals surface area contributed by atoms with Gasteiger partial charge in [0.05, 0.1) is 15.8 Å². The number of thioether (sulfide) groups is 1. The molecule has 2 aromatic carbocycles. The third-order valence-electron chi connectivity index (χ3n) is 2.68. The second-order valence-corrected chi connectivity index (χ2v) is 6.15. The van der Waals surface area contributed by atoms with Crippen LogP contribution in [0, 0.1) is 18.6 Å². The van der Waals surface area contributed by atoms with Gasteiger partial charge in [-0.05, 0) is 47.1 Å². The standard InChI is InChI=1S/C15H11BrF2OS/c1-9-3-2-4-10(7-9)20-8-13(19)14-12(17)6-5-11(16)15(14)18/h2-7H,8H2,1H3. The molecule has 1 nitrogen and oxygen atoms in total. The highest BCUT2D eigenvalue weighted by Gasteiger charge is 2.19. The van der Waals surface area contributed by atoms with Crippen molar-refractivity contribution in [2.45, 2.75) is 11.8 Å². The summed E-state index contributed by atoms with van der Waals surface area (Å²) in [5.41, 5.74) is 0.585. The average molecular weight is 357 g/mol. The Morgan fingerprint density at radius 2 is 2.00 bits per heavy atom. The lowest BCUT2D eigenvalue weighted by molar-refractivity contribution is 0.101. The Bertz CT molecular complexity index is 658. The van der Waals surface area contributed by atoms with Gasteiger partial charge in [-0.15, -0.1) is 11.8 Å². The van der Waals surface area contributed by atoms with Crippen LogP contribution in [0.25, 0.3) is 0 Å². The normalized spacial score (nSPS) is 10.6. The predicted molar refractivity (Wildman–Crippen MR) is 80.3 cm³/mol. The number of benzene rings is 2. The van der Waals surface area contributed by atoms with E-state index < -0.39 is 23.0 Å². The number of aryl methyl sites for hydroxylation is 1. The van der Waals surface area contributed by atoms with Crippen molar-refractivity contribution in [1.82, 2.24) is 0 Å². The summed E-state index contributed by atoms with van der Waals surface area (Å²) in [6.45, 7) is 1.94.